The molecule has 1 atom stereocenters. The summed E-state index contributed by atoms with van der Waals surface area (Å²) in [4.78, 5) is 28.5. The molecular weight excluding hydrogens is 566 g/mol. The Morgan fingerprint density at radius 3 is 2.03 bits per heavy atom. The van der Waals surface area contributed by atoms with Gasteiger partial charge in [0, 0.05) is 24.5 Å². The minimum Gasteiger partial charge on any atom is -0.357 e. The van der Waals surface area contributed by atoms with E-state index < -0.39 is 28.5 Å². The molecule has 202 valence electrons. The van der Waals surface area contributed by atoms with Crippen LogP contribution in [0.4, 0.5) is 5.69 Å². The van der Waals surface area contributed by atoms with Crippen LogP contribution in [0.2, 0.25) is 0 Å². The van der Waals surface area contributed by atoms with Gasteiger partial charge in [0.2, 0.25) is 21.8 Å². The topological polar surface area (TPSA) is 86.8 Å². The number of nitrogens with one attached hydrogen (secondary N) is 1. The Labute approximate surface area is 234 Å². The quantitative estimate of drug-likeness (QED) is 0.345. The minimum absolute atomic E-state index is 0.140. The summed E-state index contributed by atoms with van der Waals surface area (Å²) in [5.41, 5.74) is 3.16. The van der Waals surface area contributed by atoms with Crippen molar-refractivity contribution in [1.29, 1.82) is 0 Å². The number of carbonyl (C=O) groups excluding carboxylic acids is 2. The van der Waals surface area contributed by atoms with E-state index in [0.717, 1.165) is 31.7 Å². The summed E-state index contributed by atoms with van der Waals surface area (Å²) in [6.07, 6.45) is 1.36. The number of nitrogens with zero attached hydrogens (tertiary/aromatic N) is 2. The summed E-state index contributed by atoms with van der Waals surface area (Å²) in [6, 6.07) is 23.2. The van der Waals surface area contributed by atoms with Crippen molar-refractivity contribution in [2.45, 2.75) is 38.8 Å². The second-order valence-electron chi connectivity index (χ2n) is 9.48. The number of carbonyl (C=O) groups is 2. The average molecular weight is 601 g/mol. The molecule has 3 aromatic carbocycles. The van der Waals surface area contributed by atoms with Gasteiger partial charge in [-0.2, -0.15) is 0 Å². The van der Waals surface area contributed by atoms with Crippen LogP contribution in [0.25, 0.3) is 0 Å². The molecule has 3 rings (SSSR count). The van der Waals surface area contributed by atoms with E-state index in [9.17, 15) is 18.0 Å². The van der Waals surface area contributed by atoms with Gasteiger partial charge in [-0.15, -0.1) is 0 Å². The van der Waals surface area contributed by atoms with Gasteiger partial charge >= 0.3 is 0 Å². The first kappa shape index (κ1) is 29.4. The second kappa shape index (κ2) is 13.1. The Bertz CT molecular complexity index is 1330. The zero-order valence-electron chi connectivity index (χ0n) is 22.1. The van der Waals surface area contributed by atoms with Crippen LogP contribution < -0.4 is 9.62 Å². The lowest BCUT2D eigenvalue weighted by Crippen LogP contribution is -2.52. The van der Waals surface area contributed by atoms with Crippen LogP contribution in [-0.2, 0) is 32.6 Å². The maximum absolute atomic E-state index is 13.9. The Kier molecular flexibility index (Phi) is 10.1. The zero-order chi connectivity index (χ0) is 27.9. The summed E-state index contributed by atoms with van der Waals surface area (Å²) in [6.45, 7) is 3.82. The van der Waals surface area contributed by atoms with E-state index in [-0.39, 0.29) is 24.8 Å². The summed E-state index contributed by atoms with van der Waals surface area (Å²) in [7, 11) is -2.26. The number of anilines is 1. The van der Waals surface area contributed by atoms with Crippen molar-refractivity contribution in [3.8, 4) is 0 Å². The van der Waals surface area contributed by atoms with Crippen LogP contribution in [0, 0.1) is 0 Å². The smallest absolute Gasteiger partial charge is 0.244 e. The third-order valence-electron chi connectivity index (χ3n) is 6.31. The van der Waals surface area contributed by atoms with E-state index in [1.165, 1.54) is 11.9 Å². The molecule has 7 nitrogen and oxygen atoms in total. The molecule has 38 heavy (non-hydrogen) atoms. The van der Waals surface area contributed by atoms with Gasteiger partial charge in [-0.25, -0.2) is 8.42 Å². The van der Waals surface area contributed by atoms with Gasteiger partial charge in [0.15, 0.2) is 0 Å². The second-order valence-corrected chi connectivity index (χ2v) is 12.3. The van der Waals surface area contributed by atoms with E-state index in [4.69, 9.17) is 0 Å². The Hall–Kier alpha value is -3.17. The van der Waals surface area contributed by atoms with Gasteiger partial charge in [-0.3, -0.25) is 13.9 Å². The molecule has 0 heterocycles. The third kappa shape index (κ3) is 7.91. The van der Waals surface area contributed by atoms with Crippen LogP contribution in [0.5, 0.6) is 0 Å². The molecule has 9 heteroatoms. The Morgan fingerprint density at radius 1 is 0.895 bits per heavy atom. The molecule has 0 aliphatic heterocycles. The highest BCUT2D eigenvalue weighted by atomic mass is 79.9. The number of sulfonamides is 1. The number of hydrogen-bond donors (Lipinski definition) is 1. The lowest BCUT2D eigenvalue weighted by atomic mass is 10.0. The van der Waals surface area contributed by atoms with Crippen molar-refractivity contribution < 1.29 is 18.0 Å². The predicted octanol–water partition coefficient (Wildman–Crippen LogP) is 4.72. The van der Waals surface area contributed by atoms with Gasteiger partial charge in [0.05, 0.1) is 11.9 Å². The molecule has 0 aromatic heterocycles. The SMILES string of the molecule is CNC(=O)C(Cc1ccccc1)N(Cc1ccc(Br)cc1)C(=O)CN(c1ccc(C(C)C)cc1)S(C)(=O)=O. The van der Waals surface area contributed by atoms with Crippen LogP contribution >= 0.6 is 15.9 Å². The van der Waals surface area contributed by atoms with Gasteiger partial charge < -0.3 is 10.2 Å². The molecule has 0 radical (unpaired) electrons. The van der Waals surface area contributed by atoms with E-state index in [2.05, 4.69) is 35.1 Å². The normalized spacial score (nSPS) is 12.2. The highest BCUT2D eigenvalue weighted by Gasteiger charge is 2.32. The fraction of sp³-hybridized carbons (Fsp3) is 0.310. The molecular formula is C29H34BrN3O4S. The van der Waals surface area contributed by atoms with Crippen molar-refractivity contribution in [2.24, 2.45) is 0 Å². The van der Waals surface area contributed by atoms with Crippen LogP contribution in [0.1, 0.15) is 36.5 Å². The maximum Gasteiger partial charge on any atom is 0.244 e. The van der Waals surface area contributed by atoms with E-state index in [0.29, 0.717) is 5.69 Å². The van der Waals surface area contributed by atoms with Crippen molar-refractivity contribution in [3.63, 3.8) is 0 Å². The number of likely N-dealkylation sites (N-methyl/N-ethyl adjacent to an activating group) is 1. The van der Waals surface area contributed by atoms with Gasteiger partial charge in [-0.05, 0) is 46.9 Å². The molecule has 0 spiro atoms. The first-order chi connectivity index (χ1) is 18.0. The highest BCUT2D eigenvalue weighted by Crippen LogP contribution is 2.23. The van der Waals surface area contributed by atoms with Crippen LogP contribution in [0.15, 0.2) is 83.3 Å². The third-order valence-corrected chi connectivity index (χ3v) is 7.98. The van der Waals surface area contributed by atoms with Crippen molar-refractivity contribution >= 4 is 43.5 Å². The predicted molar refractivity (Wildman–Crippen MR) is 155 cm³/mol. The number of benzene rings is 3. The number of halogens is 1. The number of amides is 2. The first-order valence-electron chi connectivity index (χ1n) is 12.4. The van der Waals surface area contributed by atoms with Gasteiger partial charge in [-0.1, -0.05) is 84.4 Å². The lowest BCUT2D eigenvalue weighted by Gasteiger charge is -2.33. The zero-order valence-corrected chi connectivity index (χ0v) is 24.5. The van der Waals surface area contributed by atoms with Gasteiger partial charge in [0.1, 0.15) is 12.6 Å². The van der Waals surface area contributed by atoms with Crippen molar-refractivity contribution in [1.82, 2.24) is 10.2 Å². The number of rotatable bonds is 11. The molecule has 1 unspecified atom stereocenters. The van der Waals surface area contributed by atoms with Crippen LogP contribution in [-0.4, -0.2) is 51.0 Å². The molecule has 2 amide bonds. The minimum atomic E-state index is -3.79. The molecule has 0 aliphatic rings. The molecule has 0 bridgehead atoms. The average Bonchev–Trinajstić information content (AvgIpc) is 2.89. The summed E-state index contributed by atoms with van der Waals surface area (Å²) in [5, 5.41) is 2.68. The van der Waals surface area contributed by atoms with Gasteiger partial charge in [0.25, 0.3) is 0 Å². The van der Waals surface area contributed by atoms with Crippen LogP contribution in [0.3, 0.4) is 0 Å². The first-order valence-corrected chi connectivity index (χ1v) is 15.0. The van der Waals surface area contributed by atoms with E-state index >= 15 is 0 Å². The van der Waals surface area contributed by atoms with Crippen molar-refractivity contribution in [3.05, 3.63) is 100 Å². The molecule has 3 aromatic rings. The lowest BCUT2D eigenvalue weighted by molar-refractivity contribution is -0.139. The summed E-state index contributed by atoms with van der Waals surface area (Å²) < 4.78 is 27.6. The summed E-state index contributed by atoms with van der Waals surface area (Å²) in [5.74, 6) is -0.521. The molecule has 0 saturated carbocycles. The molecule has 0 saturated heterocycles. The standard InChI is InChI=1S/C29H34BrN3O4S/c1-21(2)24-12-16-26(17-13-24)33(38(4,36)37)20-28(34)32(19-23-10-14-25(30)15-11-23)27(29(35)31-3)18-22-8-6-5-7-9-22/h5-17,21,27H,18-20H2,1-4H3,(H,31,35). The largest absolute Gasteiger partial charge is 0.357 e. The Morgan fingerprint density at radius 2 is 1.50 bits per heavy atom. The Balaban J connectivity index is 2.00. The highest BCUT2D eigenvalue weighted by molar-refractivity contribution is 9.10. The molecule has 0 fully saturated rings. The van der Waals surface area contributed by atoms with E-state index in [1.54, 1.807) is 12.1 Å². The molecule has 1 N–H and O–H groups in total. The monoisotopic (exact) mass is 599 g/mol. The maximum atomic E-state index is 13.9. The number of hydrogen-bond acceptors (Lipinski definition) is 4. The van der Waals surface area contributed by atoms with Crippen molar-refractivity contribution in [2.75, 3.05) is 24.2 Å². The fourth-order valence-electron chi connectivity index (χ4n) is 4.15. The fourth-order valence-corrected chi connectivity index (χ4v) is 5.26. The summed E-state index contributed by atoms with van der Waals surface area (Å²) >= 11 is 3.42. The van der Waals surface area contributed by atoms with E-state index in [1.807, 2.05) is 66.7 Å². The molecule has 0 aliphatic carbocycles.